The first kappa shape index (κ1) is 14.9. The summed E-state index contributed by atoms with van der Waals surface area (Å²) in [7, 11) is 1.94. The SMILES string of the molecule is CC1CCCCC1OCCSc1ncc(CO)n1C. The molecular weight excluding hydrogens is 260 g/mol. The molecule has 1 N–H and O–H groups in total. The third-order valence-corrected chi connectivity index (χ3v) is 4.89. The second kappa shape index (κ2) is 7.31. The van der Waals surface area contributed by atoms with Crippen molar-refractivity contribution >= 4 is 11.8 Å². The lowest BCUT2D eigenvalue weighted by molar-refractivity contribution is 0.00345. The van der Waals surface area contributed by atoms with Gasteiger partial charge < -0.3 is 14.4 Å². The molecule has 0 spiro atoms. The van der Waals surface area contributed by atoms with Crippen molar-refractivity contribution in [2.75, 3.05) is 12.4 Å². The van der Waals surface area contributed by atoms with Crippen LogP contribution in [-0.2, 0) is 18.4 Å². The van der Waals surface area contributed by atoms with Gasteiger partial charge in [-0.05, 0) is 18.8 Å². The summed E-state index contributed by atoms with van der Waals surface area (Å²) in [4.78, 5) is 4.30. The topological polar surface area (TPSA) is 47.3 Å². The molecule has 0 bridgehead atoms. The molecule has 1 heterocycles. The zero-order valence-corrected chi connectivity index (χ0v) is 12.7. The lowest BCUT2D eigenvalue weighted by atomic mass is 9.88. The average Bonchev–Trinajstić information content (AvgIpc) is 2.77. The molecule has 1 aromatic heterocycles. The molecular formula is C14H24N2O2S. The Hall–Kier alpha value is -0.520. The standard InChI is InChI=1S/C14H24N2O2S/c1-11-5-3-4-6-13(11)18-7-8-19-14-15-9-12(10-17)16(14)2/h9,11,13,17H,3-8,10H2,1-2H3. The van der Waals surface area contributed by atoms with E-state index in [1.807, 2.05) is 11.6 Å². The van der Waals surface area contributed by atoms with Gasteiger partial charge >= 0.3 is 0 Å². The molecule has 5 heteroatoms. The number of aliphatic hydroxyl groups is 1. The number of rotatable bonds is 6. The van der Waals surface area contributed by atoms with E-state index in [1.54, 1.807) is 18.0 Å². The summed E-state index contributed by atoms with van der Waals surface area (Å²) in [6.45, 7) is 3.12. The molecule has 1 aliphatic rings. The highest BCUT2D eigenvalue weighted by molar-refractivity contribution is 7.99. The van der Waals surface area contributed by atoms with Gasteiger partial charge in [0.2, 0.25) is 0 Å². The van der Waals surface area contributed by atoms with E-state index in [1.165, 1.54) is 25.7 Å². The number of hydrogen-bond donors (Lipinski definition) is 1. The number of thioether (sulfide) groups is 1. The van der Waals surface area contributed by atoms with Gasteiger partial charge in [-0.2, -0.15) is 0 Å². The van der Waals surface area contributed by atoms with Crippen LogP contribution in [0.5, 0.6) is 0 Å². The van der Waals surface area contributed by atoms with Gasteiger partial charge in [-0.25, -0.2) is 4.98 Å². The van der Waals surface area contributed by atoms with Gasteiger partial charge in [0.25, 0.3) is 0 Å². The van der Waals surface area contributed by atoms with Crippen molar-refractivity contribution in [3.05, 3.63) is 11.9 Å². The minimum Gasteiger partial charge on any atom is -0.390 e. The van der Waals surface area contributed by atoms with Crippen molar-refractivity contribution in [1.82, 2.24) is 9.55 Å². The van der Waals surface area contributed by atoms with E-state index in [9.17, 15) is 0 Å². The molecule has 108 valence electrons. The van der Waals surface area contributed by atoms with Crippen LogP contribution in [0, 0.1) is 5.92 Å². The summed E-state index contributed by atoms with van der Waals surface area (Å²) < 4.78 is 7.92. The van der Waals surface area contributed by atoms with Crippen LogP contribution in [0.1, 0.15) is 38.3 Å². The quantitative estimate of drug-likeness (QED) is 0.644. The second-order valence-electron chi connectivity index (χ2n) is 5.27. The van der Waals surface area contributed by atoms with Gasteiger partial charge in [0.05, 0.1) is 31.2 Å². The summed E-state index contributed by atoms with van der Waals surface area (Å²) in [5.41, 5.74) is 0.851. The van der Waals surface area contributed by atoms with Crippen LogP contribution in [0.2, 0.25) is 0 Å². The minimum absolute atomic E-state index is 0.0418. The largest absolute Gasteiger partial charge is 0.390 e. The fourth-order valence-electron chi connectivity index (χ4n) is 2.57. The van der Waals surface area contributed by atoms with Gasteiger partial charge in [-0.1, -0.05) is 31.5 Å². The number of ether oxygens (including phenoxy) is 1. The Kier molecular flexibility index (Phi) is 5.73. The highest BCUT2D eigenvalue weighted by Gasteiger charge is 2.21. The second-order valence-corrected chi connectivity index (χ2v) is 6.33. The maximum absolute atomic E-state index is 9.11. The predicted molar refractivity (Wildman–Crippen MR) is 77.2 cm³/mol. The molecule has 19 heavy (non-hydrogen) atoms. The van der Waals surface area contributed by atoms with Gasteiger partial charge in [0, 0.05) is 12.8 Å². The molecule has 0 amide bonds. The zero-order chi connectivity index (χ0) is 13.7. The summed E-state index contributed by atoms with van der Waals surface area (Å²) in [6, 6.07) is 0. The number of aliphatic hydroxyl groups excluding tert-OH is 1. The average molecular weight is 284 g/mol. The number of hydrogen-bond acceptors (Lipinski definition) is 4. The first-order valence-electron chi connectivity index (χ1n) is 7.08. The molecule has 0 saturated heterocycles. The van der Waals surface area contributed by atoms with Crippen molar-refractivity contribution in [3.63, 3.8) is 0 Å². The molecule has 4 nitrogen and oxygen atoms in total. The van der Waals surface area contributed by atoms with Crippen molar-refractivity contribution in [3.8, 4) is 0 Å². The van der Waals surface area contributed by atoms with Crippen LogP contribution in [0.15, 0.2) is 11.4 Å². The fraction of sp³-hybridized carbons (Fsp3) is 0.786. The third kappa shape index (κ3) is 3.97. The Bertz CT molecular complexity index is 395. The fourth-order valence-corrected chi connectivity index (χ4v) is 3.37. The van der Waals surface area contributed by atoms with Crippen LogP contribution >= 0.6 is 11.8 Å². The van der Waals surface area contributed by atoms with Gasteiger partial charge in [-0.15, -0.1) is 0 Å². The Morgan fingerprint density at radius 2 is 2.26 bits per heavy atom. The Labute approximate surface area is 119 Å². The van der Waals surface area contributed by atoms with E-state index >= 15 is 0 Å². The Balaban J connectivity index is 1.70. The highest BCUT2D eigenvalue weighted by Crippen LogP contribution is 2.26. The molecule has 1 aliphatic carbocycles. The molecule has 0 aromatic carbocycles. The van der Waals surface area contributed by atoms with Crippen LogP contribution in [0.3, 0.4) is 0 Å². The van der Waals surface area contributed by atoms with Crippen molar-refractivity contribution in [1.29, 1.82) is 0 Å². The molecule has 1 fully saturated rings. The van der Waals surface area contributed by atoms with Crippen LogP contribution in [0.25, 0.3) is 0 Å². The number of aromatic nitrogens is 2. The van der Waals surface area contributed by atoms with E-state index in [0.29, 0.717) is 12.0 Å². The van der Waals surface area contributed by atoms with Crippen molar-refractivity contribution in [2.45, 2.75) is 50.5 Å². The van der Waals surface area contributed by atoms with Gasteiger partial charge in [0.15, 0.2) is 5.16 Å². The van der Waals surface area contributed by atoms with E-state index in [0.717, 1.165) is 23.2 Å². The Morgan fingerprint density at radius 1 is 1.47 bits per heavy atom. The smallest absolute Gasteiger partial charge is 0.168 e. The molecule has 2 atom stereocenters. The lowest BCUT2D eigenvalue weighted by Crippen LogP contribution is -2.26. The van der Waals surface area contributed by atoms with Crippen molar-refractivity contribution in [2.24, 2.45) is 13.0 Å². The van der Waals surface area contributed by atoms with E-state index < -0.39 is 0 Å². The van der Waals surface area contributed by atoms with E-state index in [2.05, 4.69) is 11.9 Å². The number of nitrogens with zero attached hydrogens (tertiary/aromatic N) is 2. The van der Waals surface area contributed by atoms with Crippen LogP contribution < -0.4 is 0 Å². The zero-order valence-electron chi connectivity index (χ0n) is 11.8. The van der Waals surface area contributed by atoms with Crippen molar-refractivity contribution < 1.29 is 9.84 Å². The highest BCUT2D eigenvalue weighted by atomic mass is 32.2. The lowest BCUT2D eigenvalue weighted by Gasteiger charge is -2.28. The van der Waals surface area contributed by atoms with E-state index in [4.69, 9.17) is 9.84 Å². The molecule has 1 aromatic rings. The monoisotopic (exact) mass is 284 g/mol. The van der Waals surface area contributed by atoms with E-state index in [-0.39, 0.29) is 6.61 Å². The van der Waals surface area contributed by atoms with Crippen LogP contribution in [0.4, 0.5) is 0 Å². The normalized spacial score (nSPS) is 23.7. The third-order valence-electron chi connectivity index (χ3n) is 3.88. The Morgan fingerprint density at radius 3 is 2.95 bits per heavy atom. The molecule has 1 saturated carbocycles. The molecule has 0 aliphatic heterocycles. The first-order chi connectivity index (χ1) is 9.22. The van der Waals surface area contributed by atoms with Gasteiger partial charge in [-0.3, -0.25) is 0 Å². The molecule has 0 radical (unpaired) electrons. The maximum Gasteiger partial charge on any atom is 0.168 e. The predicted octanol–water partition coefficient (Wildman–Crippen LogP) is 2.60. The number of imidazole rings is 1. The van der Waals surface area contributed by atoms with Crippen LogP contribution in [-0.4, -0.2) is 33.1 Å². The summed E-state index contributed by atoms with van der Waals surface area (Å²) in [6.07, 6.45) is 7.35. The summed E-state index contributed by atoms with van der Waals surface area (Å²) in [5, 5.41) is 10.1. The maximum atomic E-state index is 9.11. The molecule has 2 rings (SSSR count). The first-order valence-corrected chi connectivity index (χ1v) is 8.06. The molecule has 2 unspecified atom stereocenters. The summed E-state index contributed by atoms with van der Waals surface area (Å²) in [5.74, 6) is 1.62. The minimum atomic E-state index is 0.0418. The van der Waals surface area contributed by atoms with Gasteiger partial charge in [0.1, 0.15) is 0 Å². The summed E-state index contributed by atoms with van der Waals surface area (Å²) >= 11 is 1.69.